The van der Waals surface area contributed by atoms with Crippen LogP contribution in [0.25, 0.3) is 5.69 Å². The van der Waals surface area contributed by atoms with Gasteiger partial charge in [-0.1, -0.05) is 26.2 Å². The number of hydrogen-bond donors (Lipinski definition) is 1. The lowest BCUT2D eigenvalue weighted by molar-refractivity contribution is 0.444. The Labute approximate surface area is 126 Å². The predicted octanol–water partition coefficient (Wildman–Crippen LogP) is 4.04. The normalized spacial score (nSPS) is 22.7. The van der Waals surface area contributed by atoms with Gasteiger partial charge in [0.15, 0.2) is 0 Å². The van der Waals surface area contributed by atoms with Gasteiger partial charge in [0.05, 0.1) is 18.1 Å². The highest BCUT2D eigenvalue weighted by molar-refractivity contribution is 5.48. The summed E-state index contributed by atoms with van der Waals surface area (Å²) >= 11 is 0. The summed E-state index contributed by atoms with van der Waals surface area (Å²) in [7, 11) is 0. The average molecular weight is 284 g/mol. The maximum Gasteiger partial charge on any atom is 0.0858 e. The van der Waals surface area contributed by atoms with Crippen molar-refractivity contribution in [3.05, 3.63) is 36.7 Å². The monoisotopic (exact) mass is 284 g/mol. The van der Waals surface area contributed by atoms with Crippen LogP contribution in [0.15, 0.2) is 36.7 Å². The van der Waals surface area contributed by atoms with Gasteiger partial charge in [0, 0.05) is 11.7 Å². The number of aromatic nitrogens is 3. The lowest BCUT2D eigenvalue weighted by Crippen LogP contribution is -2.18. The van der Waals surface area contributed by atoms with Crippen LogP contribution in [0.3, 0.4) is 0 Å². The summed E-state index contributed by atoms with van der Waals surface area (Å²) in [5, 5.41) is 12.0. The Kier molecular flexibility index (Phi) is 4.53. The van der Waals surface area contributed by atoms with Crippen LogP contribution in [0.1, 0.15) is 45.4 Å². The molecule has 4 nitrogen and oxygen atoms in total. The molecule has 1 N–H and O–H groups in total. The molecule has 1 saturated carbocycles. The number of rotatable bonds is 4. The van der Waals surface area contributed by atoms with Crippen molar-refractivity contribution >= 4 is 5.69 Å². The molecule has 0 amide bonds. The first-order chi connectivity index (χ1) is 10.3. The maximum atomic E-state index is 4.15. The SMILES string of the molecule is CCC1CCCC(Nc2ccc(-n3nccn3)cc2)CC1. The molecule has 21 heavy (non-hydrogen) atoms. The molecule has 1 aromatic heterocycles. The number of nitrogens with one attached hydrogen (secondary N) is 1. The third-order valence-corrected chi connectivity index (χ3v) is 4.55. The van der Waals surface area contributed by atoms with Crippen molar-refractivity contribution in [2.75, 3.05) is 5.32 Å². The van der Waals surface area contributed by atoms with Crippen molar-refractivity contribution < 1.29 is 0 Å². The van der Waals surface area contributed by atoms with E-state index >= 15 is 0 Å². The Morgan fingerprint density at radius 3 is 2.52 bits per heavy atom. The fourth-order valence-electron chi connectivity index (χ4n) is 3.21. The van der Waals surface area contributed by atoms with Crippen LogP contribution in [-0.4, -0.2) is 21.0 Å². The topological polar surface area (TPSA) is 42.7 Å². The van der Waals surface area contributed by atoms with Crippen LogP contribution in [0.5, 0.6) is 0 Å². The molecule has 4 heteroatoms. The van der Waals surface area contributed by atoms with E-state index in [9.17, 15) is 0 Å². The van der Waals surface area contributed by atoms with Crippen molar-refractivity contribution in [3.63, 3.8) is 0 Å². The zero-order valence-electron chi connectivity index (χ0n) is 12.7. The van der Waals surface area contributed by atoms with Gasteiger partial charge in [-0.25, -0.2) is 0 Å². The van der Waals surface area contributed by atoms with E-state index in [1.165, 1.54) is 44.2 Å². The Bertz CT molecular complexity index is 532. The molecule has 112 valence electrons. The van der Waals surface area contributed by atoms with Crippen LogP contribution in [0, 0.1) is 5.92 Å². The molecule has 2 unspecified atom stereocenters. The highest BCUT2D eigenvalue weighted by atomic mass is 15.5. The zero-order chi connectivity index (χ0) is 14.5. The standard InChI is InChI=1S/C17H24N4/c1-2-14-4-3-5-15(7-6-14)20-16-8-10-17(11-9-16)21-18-12-13-19-21/h8-15,20H,2-7H2,1H3. The second-order valence-corrected chi connectivity index (χ2v) is 5.99. The molecule has 1 aliphatic carbocycles. The molecule has 1 fully saturated rings. The third kappa shape index (κ3) is 3.63. The van der Waals surface area contributed by atoms with Crippen molar-refractivity contribution in [2.45, 2.75) is 51.5 Å². The van der Waals surface area contributed by atoms with Gasteiger partial charge in [0.2, 0.25) is 0 Å². The largest absolute Gasteiger partial charge is 0.382 e. The van der Waals surface area contributed by atoms with E-state index in [0.717, 1.165) is 11.6 Å². The second-order valence-electron chi connectivity index (χ2n) is 5.99. The van der Waals surface area contributed by atoms with E-state index in [1.54, 1.807) is 17.2 Å². The minimum Gasteiger partial charge on any atom is -0.382 e. The van der Waals surface area contributed by atoms with E-state index < -0.39 is 0 Å². The fraction of sp³-hybridized carbons (Fsp3) is 0.529. The minimum absolute atomic E-state index is 0.621. The quantitative estimate of drug-likeness (QED) is 0.862. The van der Waals surface area contributed by atoms with Crippen LogP contribution < -0.4 is 5.32 Å². The van der Waals surface area contributed by atoms with E-state index in [0.29, 0.717) is 6.04 Å². The van der Waals surface area contributed by atoms with Gasteiger partial charge in [-0.05, 0) is 49.4 Å². The number of anilines is 1. The summed E-state index contributed by atoms with van der Waals surface area (Å²) in [5.74, 6) is 0.935. The molecule has 0 spiro atoms. The average Bonchev–Trinajstić information content (AvgIpc) is 2.96. The predicted molar refractivity (Wildman–Crippen MR) is 85.6 cm³/mol. The Morgan fingerprint density at radius 2 is 1.81 bits per heavy atom. The molecule has 2 aromatic rings. The van der Waals surface area contributed by atoms with Gasteiger partial charge < -0.3 is 5.32 Å². The molecule has 1 aromatic carbocycles. The summed E-state index contributed by atoms with van der Waals surface area (Å²) in [6.07, 6.45) is 11.4. The van der Waals surface area contributed by atoms with Crippen LogP contribution in [-0.2, 0) is 0 Å². The summed E-state index contributed by atoms with van der Waals surface area (Å²) in [4.78, 5) is 1.64. The first-order valence-electron chi connectivity index (χ1n) is 8.08. The molecule has 1 heterocycles. The van der Waals surface area contributed by atoms with Crippen molar-refractivity contribution in [1.82, 2.24) is 15.0 Å². The molecular weight excluding hydrogens is 260 g/mol. The third-order valence-electron chi connectivity index (χ3n) is 4.55. The minimum atomic E-state index is 0.621. The molecule has 3 rings (SSSR count). The van der Waals surface area contributed by atoms with Gasteiger partial charge in [-0.3, -0.25) is 0 Å². The highest BCUT2D eigenvalue weighted by Gasteiger charge is 2.17. The van der Waals surface area contributed by atoms with Gasteiger partial charge in [-0.2, -0.15) is 15.0 Å². The van der Waals surface area contributed by atoms with Crippen LogP contribution in [0.2, 0.25) is 0 Å². The highest BCUT2D eigenvalue weighted by Crippen LogP contribution is 2.27. The van der Waals surface area contributed by atoms with Crippen LogP contribution in [0.4, 0.5) is 5.69 Å². The lowest BCUT2D eigenvalue weighted by Gasteiger charge is -2.18. The van der Waals surface area contributed by atoms with Crippen molar-refractivity contribution in [3.8, 4) is 5.69 Å². The van der Waals surface area contributed by atoms with E-state index in [4.69, 9.17) is 0 Å². The maximum absolute atomic E-state index is 4.15. The van der Waals surface area contributed by atoms with Crippen LogP contribution >= 0.6 is 0 Å². The first-order valence-corrected chi connectivity index (χ1v) is 8.08. The van der Waals surface area contributed by atoms with Gasteiger partial charge in [0.25, 0.3) is 0 Å². The van der Waals surface area contributed by atoms with Crippen molar-refractivity contribution in [1.29, 1.82) is 0 Å². The van der Waals surface area contributed by atoms with E-state index in [2.05, 4.69) is 46.7 Å². The van der Waals surface area contributed by atoms with E-state index in [-0.39, 0.29) is 0 Å². The summed E-state index contributed by atoms with van der Waals surface area (Å²) in [5.41, 5.74) is 2.20. The number of hydrogen-bond acceptors (Lipinski definition) is 3. The molecule has 0 radical (unpaired) electrons. The van der Waals surface area contributed by atoms with Gasteiger partial charge in [-0.15, -0.1) is 0 Å². The summed E-state index contributed by atoms with van der Waals surface area (Å²) < 4.78 is 0. The Hall–Kier alpha value is -1.84. The Morgan fingerprint density at radius 1 is 1.05 bits per heavy atom. The summed E-state index contributed by atoms with van der Waals surface area (Å²) in [6, 6.07) is 9.00. The fourth-order valence-corrected chi connectivity index (χ4v) is 3.21. The molecule has 0 saturated heterocycles. The zero-order valence-corrected chi connectivity index (χ0v) is 12.7. The molecule has 0 bridgehead atoms. The number of nitrogens with zero attached hydrogens (tertiary/aromatic N) is 3. The van der Waals surface area contributed by atoms with E-state index in [1.807, 2.05) is 0 Å². The first kappa shape index (κ1) is 14.1. The molecule has 2 atom stereocenters. The van der Waals surface area contributed by atoms with Gasteiger partial charge in [0.1, 0.15) is 0 Å². The number of benzene rings is 1. The molecule has 0 aliphatic heterocycles. The second kappa shape index (κ2) is 6.74. The molecular formula is C17H24N4. The Balaban J connectivity index is 1.60. The molecule has 1 aliphatic rings. The van der Waals surface area contributed by atoms with Crippen molar-refractivity contribution in [2.24, 2.45) is 5.92 Å². The smallest absolute Gasteiger partial charge is 0.0858 e. The lowest BCUT2D eigenvalue weighted by atomic mass is 9.98. The summed E-state index contributed by atoms with van der Waals surface area (Å²) in [6.45, 7) is 2.32. The van der Waals surface area contributed by atoms with Gasteiger partial charge >= 0.3 is 0 Å².